The molecule has 1 aliphatic rings. The minimum atomic E-state index is 0.0438. The molecule has 1 fully saturated rings. The van der Waals surface area contributed by atoms with Crippen molar-refractivity contribution in [1.82, 2.24) is 14.5 Å². The molecule has 0 spiro atoms. The first-order valence-electron chi connectivity index (χ1n) is 8.05. The number of amides is 1. The van der Waals surface area contributed by atoms with E-state index in [0.717, 1.165) is 42.3 Å². The van der Waals surface area contributed by atoms with Crippen LogP contribution < -0.4 is 5.73 Å². The van der Waals surface area contributed by atoms with Crippen LogP contribution in [-0.4, -0.2) is 40.0 Å². The number of pyridine rings is 1. The van der Waals surface area contributed by atoms with E-state index >= 15 is 0 Å². The molecule has 5 nitrogen and oxygen atoms in total. The van der Waals surface area contributed by atoms with Crippen molar-refractivity contribution in [2.75, 3.05) is 19.6 Å². The average Bonchev–Trinajstić information content (AvgIpc) is 3.09. The number of likely N-dealkylation sites (tertiary alicyclic amines) is 1. The van der Waals surface area contributed by atoms with E-state index in [1.807, 2.05) is 47.6 Å². The van der Waals surface area contributed by atoms with Crippen LogP contribution in [0.1, 0.15) is 35.1 Å². The molecule has 1 unspecified atom stereocenters. The smallest absolute Gasteiger partial charge is 0.255 e. The van der Waals surface area contributed by atoms with Crippen molar-refractivity contribution in [2.24, 2.45) is 11.1 Å². The molecule has 1 amide bonds. The molecular formula is C18H24N4O. The van der Waals surface area contributed by atoms with E-state index in [1.165, 1.54) is 0 Å². The summed E-state index contributed by atoms with van der Waals surface area (Å²) < 4.78 is 2.03. The summed E-state index contributed by atoms with van der Waals surface area (Å²) in [4.78, 5) is 19.2. The quantitative estimate of drug-likeness (QED) is 0.946. The maximum atomic E-state index is 12.9. The van der Waals surface area contributed by atoms with Crippen molar-refractivity contribution < 1.29 is 4.79 Å². The fraction of sp³-hybridized carbons (Fsp3) is 0.444. The number of carbonyl (C=O) groups is 1. The fourth-order valence-corrected chi connectivity index (χ4v) is 3.35. The van der Waals surface area contributed by atoms with Gasteiger partial charge in [-0.1, -0.05) is 13.0 Å². The van der Waals surface area contributed by atoms with Crippen LogP contribution >= 0.6 is 0 Å². The van der Waals surface area contributed by atoms with Crippen molar-refractivity contribution in [3.05, 3.63) is 47.4 Å². The van der Waals surface area contributed by atoms with Crippen LogP contribution in [0.25, 0.3) is 5.82 Å². The van der Waals surface area contributed by atoms with E-state index in [1.54, 1.807) is 6.20 Å². The van der Waals surface area contributed by atoms with Gasteiger partial charge < -0.3 is 15.2 Å². The molecule has 2 aromatic rings. The first kappa shape index (κ1) is 15.7. The summed E-state index contributed by atoms with van der Waals surface area (Å²) >= 11 is 0. The van der Waals surface area contributed by atoms with Gasteiger partial charge in [-0.15, -0.1) is 0 Å². The SMILES string of the molecule is Cc1cc(C(=O)N2CCC(C)(CN)C2)c(C)n1-c1ccccn1. The highest BCUT2D eigenvalue weighted by Crippen LogP contribution is 2.30. The molecule has 1 atom stereocenters. The predicted octanol–water partition coefficient (Wildman–Crippen LogP) is 2.30. The Labute approximate surface area is 137 Å². The molecule has 3 rings (SSSR count). The second kappa shape index (κ2) is 5.81. The summed E-state index contributed by atoms with van der Waals surface area (Å²) in [6, 6.07) is 7.76. The van der Waals surface area contributed by atoms with Gasteiger partial charge in [0.15, 0.2) is 0 Å². The van der Waals surface area contributed by atoms with Gasteiger partial charge in [0, 0.05) is 30.7 Å². The van der Waals surface area contributed by atoms with Crippen molar-refractivity contribution in [3.8, 4) is 5.82 Å². The van der Waals surface area contributed by atoms with Crippen LogP contribution in [-0.2, 0) is 0 Å². The summed E-state index contributed by atoms with van der Waals surface area (Å²) in [5.74, 6) is 0.937. The maximum Gasteiger partial charge on any atom is 0.255 e. The summed E-state index contributed by atoms with van der Waals surface area (Å²) in [5.41, 5.74) is 8.61. The Morgan fingerprint density at radius 1 is 1.39 bits per heavy atom. The highest BCUT2D eigenvalue weighted by molar-refractivity contribution is 5.96. The molecule has 0 radical (unpaired) electrons. The van der Waals surface area contributed by atoms with Crippen LogP contribution in [0.15, 0.2) is 30.5 Å². The number of hydrogen-bond donors (Lipinski definition) is 1. The normalized spacial score (nSPS) is 21.0. The van der Waals surface area contributed by atoms with Gasteiger partial charge in [0.2, 0.25) is 0 Å². The summed E-state index contributed by atoms with van der Waals surface area (Å²) in [5, 5.41) is 0. The van der Waals surface area contributed by atoms with Crippen molar-refractivity contribution in [1.29, 1.82) is 0 Å². The van der Waals surface area contributed by atoms with Gasteiger partial charge in [-0.3, -0.25) is 4.79 Å². The van der Waals surface area contributed by atoms with Gasteiger partial charge in [-0.25, -0.2) is 4.98 Å². The highest BCUT2D eigenvalue weighted by atomic mass is 16.2. The van der Waals surface area contributed by atoms with Crippen LogP contribution in [0.2, 0.25) is 0 Å². The molecule has 3 heterocycles. The van der Waals surface area contributed by atoms with Crippen LogP contribution in [0.3, 0.4) is 0 Å². The second-order valence-corrected chi connectivity index (χ2v) is 6.80. The maximum absolute atomic E-state index is 12.9. The van der Waals surface area contributed by atoms with E-state index in [4.69, 9.17) is 5.73 Å². The van der Waals surface area contributed by atoms with Crippen molar-refractivity contribution in [3.63, 3.8) is 0 Å². The third-order valence-electron chi connectivity index (χ3n) is 4.88. The summed E-state index contributed by atoms with van der Waals surface area (Å²) in [6.07, 6.45) is 2.73. The predicted molar refractivity (Wildman–Crippen MR) is 90.7 cm³/mol. The lowest BCUT2D eigenvalue weighted by Gasteiger charge is -2.22. The molecule has 1 aliphatic heterocycles. The number of nitrogens with two attached hydrogens (primary N) is 1. The number of nitrogens with zero attached hydrogens (tertiary/aromatic N) is 3. The molecule has 122 valence electrons. The Balaban J connectivity index is 1.92. The minimum Gasteiger partial charge on any atom is -0.338 e. The largest absolute Gasteiger partial charge is 0.338 e. The van der Waals surface area contributed by atoms with Gasteiger partial charge in [0.05, 0.1) is 5.56 Å². The minimum absolute atomic E-state index is 0.0438. The van der Waals surface area contributed by atoms with Crippen LogP contribution in [0.4, 0.5) is 0 Å². The molecule has 2 N–H and O–H groups in total. The first-order chi connectivity index (χ1) is 10.9. The molecule has 0 aromatic carbocycles. The topological polar surface area (TPSA) is 64.2 Å². The lowest BCUT2D eigenvalue weighted by Crippen LogP contribution is -2.34. The van der Waals surface area contributed by atoms with E-state index in [9.17, 15) is 4.79 Å². The molecule has 23 heavy (non-hydrogen) atoms. The van der Waals surface area contributed by atoms with Gasteiger partial charge in [0.1, 0.15) is 5.82 Å². The third-order valence-corrected chi connectivity index (χ3v) is 4.88. The molecule has 0 aliphatic carbocycles. The Morgan fingerprint density at radius 3 is 2.78 bits per heavy atom. The lowest BCUT2D eigenvalue weighted by atomic mass is 9.90. The standard InChI is InChI=1S/C18H24N4O/c1-13-10-15(14(2)22(13)16-6-4-5-8-20-16)17(23)21-9-7-18(3,11-19)12-21/h4-6,8,10H,7,9,11-12,19H2,1-3H3. The van der Waals surface area contributed by atoms with E-state index in [0.29, 0.717) is 6.54 Å². The number of hydrogen-bond acceptors (Lipinski definition) is 3. The zero-order chi connectivity index (χ0) is 16.6. The van der Waals surface area contributed by atoms with Crippen molar-refractivity contribution in [2.45, 2.75) is 27.2 Å². The van der Waals surface area contributed by atoms with Gasteiger partial charge in [-0.2, -0.15) is 0 Å². The molecule has 5 heteroatoms. The monoisotopic (exact) mass is 312 g/mol. The average molecular weight is 312 g/mol. The Bertz CT molecular complexity index is 722. The molecule has 0 saturated carbocycles. The summed E-state index contributed by atoms with van der Waals surface area (Å²) in [6.45, 7) is 8.26. The van der Waals surface area contributed by atoms with Crippen LogP contribution in [0.5, 0.6) is 0 Å². The fourth-order valence-electron chi connectivity index (χ4n) is 3.35. The van der Waals surface area contributed by atoms with Crippen molar-refractivity contribution >= 4 is 5.91 Å². The Hall–Kier alpha value is -2.14. The van der Waals surface area contributed by atoms with E-state index in [-0.39, 0.29) is 11.3 Å². The Morgan fingerprint density at radius 2 is 2.17 bits per heavy atom. The zero-order valence-electron chi connectivity index (χ0n) is 14.0. The second-order valence-electron chi connectivity index (χ2n) is 6.80. The molecule has 1 saturated heterocycles. The number of aromatic nitrogens is 2. The number of rotatable bonds is 3. The van der Waals surface area contributed by atoms with Gasteiger partial charge >= 0.3 is 0 Å². The third kappa shape index (κ3) is 2.77. The van der Waals surface area contributed by atoms with Gasteiger partial charge in [0.25, 0.3) is 5.91 Å². The summed E-state index contributed by atoms with van der Waals surface area (Å²) in [7, 11) is 0. The highest BCUT2D eigenvalue weighted by Gasteiger charge is 2.36. The molecule has 2 aromatic heterocycles. The number of aryl methyl sites for hydroxylation is 1. The van der Waals surface area contributed by atoms with Gasteiger partial charge in [-0.05, 0) is 50.4 Å². The van der Waals surface area contributed by atoms with Crippen LogP contribution in [0, 0.1) is 19.3 Å². The van der Waals surface area contributed by atoms with E-state index in [2.05, 4.69) is 11.9 Å². The number of carbonyl (C=O) groups excluding carboxylic acids is 1. The first-order valence-corrected chi connectivity index (χ1v) is 8.05. The molecular weight excluding hydrogens is 288 g/mol. The Kier molecular flexibility index (Phi) is 3.98. The van der Waals surface area contributed by atoms with E-state index < -0.39 is 0 Å². The zero-order valence-corrected chi connectivity index (χ0v) is 14.0. The molecule has 0 bridgehead atoms. The lowest BCUT2D eigenvalue weighted by molar-refractivity contribution is 0.0776.